The predicted molar refractivity (Wildman–Crippen MR) is 89.2 cm³/mol. The first-order valence-corrected chi connectivity index (χ1v) is 9.13. The van der Waals surface area contributed by atoms with Crippen LogP contribution in [-0.4, -0.2) is 20.1 Å². The van der Waals surface area contributed by atoms with E-state index in [0.29, 0.717) is 17.7 Å². The van der Waals surface area contributed by atoms with Crippen LogP contribution < -0.4 is 10.5 Å². The fraction of sp³-hybridized carbons (Fsp3) is 0.176. The molecule has 2 aromatic rings. The summed E-state index contributed by atoms with van der Waals surface area (Å²) < 4.78 is 54.2. The quantitative estimate of drug-likeness (QED) is 0.751. The first-order chi connectivity index (χ1) is 12.2. The second kappa shape index (κ2) is 6.49. The summed E-state index contributed by atoms with van der Waals surface area (Å²) in [4.78, 5) is 22.7. The molecule has 0 heterocycles. The molecule has 1 aliphatic carbocycles. The number of carbonyl (C=O) groups is 2. The lowest BCUT2D eigenvalue weighted by Crippen LogP contribution is -2.17. The molecule has 1 amide bonds. The third-order valence-corrected chi connectivity index (χ3v) is 5.34. The Hall–Kier alpha value is -2.81. The summed E-state index contributed by atoms with van der Waals surface area (Å²) in [6, 6.07) is 6.58. The molecule has 6 nitrogen and oxygen atoms in total. The van der Waals surface area contributed by atoms with Crippen molar-refractivity contribution in [3.8, 4) is 0 Å². The van der Waals surface area contributed by atoms with Gasteiger partial charge in [-0.1, -0.05) is 12.1 Å². The molecular formula is C17H14F2N2O4S. The van der Waals surface area contributed by atoms with E-state index in [-0.39, 0.29) is 16.6 Å². The maximum absolute atomic E-state index is 13.7. The highest BCUT2D eigenvalue weighted by atomic mass is 32.2. The molecule has 1 saturated carbocycles. The van der Waals surface area contributed by atoms with Crippen LogP contribution >= 0.6 is 0 Å². The van der Waals surface area contributed by atoms with Crippen molar-refractivity contribution in [1.29, 1.82) is 0 Å². The molecule has 3 rings (SSSR count). The number of anilines is 1. The Labute approximate surface area is 148 Å². The highest BCUT2D eigenvalue weighted by Crippen LogP contribution is 2.32. The minimum absolute atomic E-state index is 0.00491. The second-order valence-corrected chi connectivity index (χ2v) is 7.63. The summed E-state index contributed by atoms with van der Waals surface area (Å²) >= 11 is 0. The van der Waals surface area contributed by atoms with E-state index in [1.165, 1.54) is 24.3 Å². The number of primary amides is 1. The minimum atomic E-state index is -4.14. The van der Waals surface area contributed by atoms with Crippen molar-refractivity contribution in [2.75, 3.05) is 4.72 Å². The van der Waals surface area contributed by atoms with Crippen LogP contribution in [-0.2, 0) is 10.0 Å². The smallest absolute Gasteiger partial charge is 0.261 e. The van der Waals surface area contributed by atoms with Crippen molar-refractivity contribution in [3.63, 3.8) is 0 Å². The number of benzene rings is 2. The van der Waals surface area contributed by atoms with Crippen molar-refractivity contribution in [1.82, 2.24) is 0 Å². The van der Waals surface area contributed by atoms with E-state index in [2.05, 4.69) is 0 Å². The van der Waals surface area contributed by atoms with Gasteiger partial charge in [0.25, 0.3) is 15.9 Å². The molecule has 0 bridgehead atoms. The molecule has 0 unspecified atom stereocenters. The monoisotopic (exact) mass is 380 g/mol. The number of nitrogens with one attached hydrogen (secondary N) is 1. The molecule has 1 fully saturated rings. The van der Waals surface area contributed by atoms with Gasteiger partial charge in [0.05, 0.1) is 10.6 Å². The molecule has 3 N–H and O–H groups in total. The van der Waals surface area contributed by atoms with Gasteiger partial charge in [0.15, 0.2) is 5.78 Å². The van der Waals surface area contributed by atoms with Crippen LogP contribution in [0, 0.1) is 17.6 Å². The van der Waals surface area contributed by atoms with E-state index < -0.39 is 38.8 Å². The molecule has 0 spiro atoms. The van der Waals surface area contributed by atoms with E-state index in [9.17, 15) is 26.8 Å². The second-order valence-electron chi connectivity index (χ2n) is 5.95. The summed E-state index contributed by atoms with van der Waals surface area (Å²) in [6.07, 6.45) is 1.66. The molecule has 9 heteroatoms. The molecular weight excluding hydrogens is 366 g/mol. The third kappa shape index (κ3) is 3.57. The van der Waals surface area contributed by atoms with Crippen molar-refractivity contribution in [2.24, 2.45) is 11.7 Å². The van der Waals surface area contributed by atoms with Gasteiger partial charge < -0.3 is 5.73 Å². The number of Topliss-reactive ketones (excluding diaryl/α,β-unsaturated/α-hetero) is 1. The molecule has 136 valence electrons. The first kappa shape index (κ1) is 18.0. The molecule has 26 heavy (non-hydrogen) atoms. The zero-order valence-electron chi connectivity index (χ0n) is 13.3. The Morgan fingerprint density at radius 1 is 1.04 bits per heavy atom. The summed E-state index contributed by atoms with van der Waals surface area (Å²) in [5.74, 6) is -3.88. The molecule has 0 atom stereocenters. The number of rotatable bonds is 6. The Balaban J connectivity index is 1.85. The fourth-order valence-electron chi connectivity index (χ4n) is 2.46. The van der Waals surface area contributed by atoms with Crippen LogP contribution in [0.5, 0.6) is 0 Å². The van der Waals surface area contributed by atoms with Crippen molar-refractivity contribution < 1.29 is 26.8 Å². The summed E-state index contributed by atoms with van der Waals surface area (Å²) in [7, 11) is -4.14. The fourth-order valence-corrected chi connectivity index (χ4v) is 3.50. The summed E-state index contributed by atoms with van der Waals surface area (Å²) in [5, 5.41) is 0. The van der Waals surface area contributed by atoms with Gasteiger partial charge in [-0.25, -0.2) is 17.2 Å². The van der Waals surface area contributed by atoms with Crippen molar-refractivity contribution >= 4 is 27.4 Å². The molecule has 0 saturated heterocycles. The van der Waals surface area contributed by atoms with E-state index in [1.54, 1.807) is 0 Å². The van der Waals surface area contributed by atoms with Crippen LogP contribution in [0.1, 0.15) is 33.6 Å². The van der Waals surface area contributed by atoms with Crippen LogP contribution in [0.2, 0.25) is 0 Å². The standard InChI is InChI=1S/C17H14F2N2O4S/c18-13-7-11(8-14(19)15(13)17(20)23)21-26(24,25)12-5-3-10(4-6-12)16(22)9-1-2-9/h3-9,21H,1-2H2,(H2,20,23). The van der Waals surface area contributed by atoms with E-state index >= 15 is 0 Å². The summed E-state index contributed by atoms with van der Waals surface area (Å²) in [6.45, 7) is 0. The Morgan fingerprint density at radius 2 is 1.58 bits per heavy atom. The molecule has 0 aliphatic heterocycles. The Bertz CT molecular complexity index is 977. The van der Waals surface area contributed by atoms with Crippen LogP contribution in [0.25, 0.3) is 0 Å². The summed E-state index contributed by atoms with van der Waals surface area (Å²) in [5.41, 5.74) is 3.93. The Kier molecular flexibility index (Phi) is 4.49. The number of sulfonamides is 1. The minimum Gasteiger partial charge on any atom is -0.365 e. The number of carbonyl (C=O) groups excluding carboxylic acids is 2. The van der Waals surface area contributed by atoms with Crippen molar-refractivity contribution in [2.45, 2.75) is 17.7 Å². The maximum Gasteiger partial charge on any atom is 0.261 e. The lowest BCUT2D eigenvalue weighted by Gasteiger charge is -2.10. The van der Waals surface area contributed by atoms with Crippen LogP contribution in [0.15, 0.2) is 41.3 Å². The average molecular weight is 380 g/mol. The number of amides is 1. The first-order valence-electron chi connectivity index (χ1n) is 7.65. The predicted octanol–water partition coefficient (Wildman–Crippen LogP) is 2.46. The molecule has 0 radical (unpaired) electrons. The number of hydrogen-bond donors (Lipinski definition) is 2. The van der Waals surface area contributed by atoms with E-state index in [0.717, 1.165) is 12.8 Å². The van der Waals surface area contributed by atoms with Gasteiger partial charge >= 0.3 is 0 Å². The number of ketones is 1. The van der Waals surface area contributed by atoms with Gasteiger partial charge in [-0.15, -0.1) is 0 Å². The number of halogens is 2. The average Bonchev–Trinajstić information content (AvgIpc) is 3.37. The highest BCUT2D eigenvalue weighted by molar-refractivity contribution is 7.92. The molecule has 1 aliphatic rings. The number of nitrogens with two attached hydrogens (primary N) is 1. The van der Waals surface area contributed by atoms with Gasteiger partial charge in [0.1, 0.15) is 17.2 Å². The lowest BCUT2D eigenvalue weighted by molar-refractivity contribution is 0.0965. The van der Waals surface area contributed by atoms with Crippen LogP contribution in [0.3, 0.4) is 0 Å². The lowest BCUT2D eigenvalue weighted by atomic mass is 10.1. The van der Waals surface area contributed by atoms with Gasteiger partial charge in [0.2, 0.25) is 0 Å². The molecule has 2 aromatic carbocycles. The van der Waals surface area contributed by atoms with Gasteiger partial charge in [-0.2, -0.15) is 0 Å². The van der Waals surface area contributed by atoms with Gasteiger partial charge in [-0.3, -0.25) is 14.3 Å². The SMILES string of the molecule is NC(=O)c1c(F)cc(NS(=O)(=O)c2ccc(C(=O)C3CC3)cc2)cc1F. The Morgan fingerprint density at radius 3 is 2.04 bits per heavy atom. The van der Waals surface area contributed by atoms with E-state index in [4.69, 9.17) is 5.73 Å². The largest absolute Gasteiger partial charge is 0.365 e. The van der Waals surface area contributed by atoms with E-state index in [1.807, 2.05) is 4.72 Å². The third-order valence-electron chi connectivity index (χ3n) is 3.94. The topological polar surface area (TPSA) is 106 Å². The molecule has 0 aromatic heterocycles. The van der Waals surface area contributed by atoms with Crippen LogP contribution in [0.4, 0.5) is 14.5 Å². The maximum atomic E-state index is 13.7. The number of hydrogen-bond acceptors (Lipinski definition) is 4. The highest BCUT2D eigenvalue weighted by Gasteiger charge is 2.30. The zero-order chi connectivity index (χ0) is 19.1. The van der Waals surface area contributed by atoms with Crippen molar-refractivity contribution in [3.05, 3.63) is 59.2 Å². The van der Waals surface area contributed by atoms with Gasteiger partial charge in [0, 0.05) is 11.5 Å². The van der Waals surface area contributed by atoms with Gasteiger partial charge in [-0.05, 0) is 37.1 Å². The normalized spacial score (nSPS) is 14.1. The zero-order valence-corrected chi connectivity index (χ0v) is 14.1.